The number of esters is 1. The van der Waals surface area contributed by atoms with Gasteiger partial charge in [-0.1, -0.05) is 0 Å². The molecule has 0 aliphatic carbocycles. The van der Waals surface area contributed by atoms with Gasteiger partial charge in [0.1, 0.15) is 0 Å². The molecule has 1 heterocycles. The Hall–Kier alpha value is -0.870. The first-order valence-electron chi connectivity index (χ1n) is 5.05. The number of rotatable bonds is 6. The number of hydrogen-bond acceptors (Lipinski definition) is 4. The third-order valence-corrected chi connectivity index (χ3v) is 3.06. The maximum atomic E-state index is 10.8. The summed E-state index contributed by atoms with van der Waals surface area (Å²) in [6, 6.07) is 4.25. The zero-order chi connectivity index (χ0) is 11.1. The van der Waals surface area contributed by atoms with Gasteiger partial charge in [0.05, 0.1) is 7.11 Å². The fourth-order valence-corrected chi connectivity index (χ4v) is 2.11. The molecule has 0 atom stereocenters. The molecule has 0 aliphatic heterocycles. The second-order valence-corrected chi connectivity index (χ2v) is 4.74. The van der Waals surface area contributed by atoms with Crippen molar-refractivity contribution in [3.8, 4) is 0 Å². The minimum Gasteiger partial charge on any atom is -0.469 e. The third-order valence-electron chi connectivity index (χ3n) is 2.06. The van der Waals surface area contributed by atoms with Crippen molar-refractivity contribution in [1.82, 2.24) is 5.32 Å². The summed E-state index contributed by atoms with van der Waals surface area (Å²) in [5.74, 6) is -0.135. The molecule has 0 amide bonds. The second kappa shape index (κ2) is 6.58. The molecular formula is C11H17NO2S. The van der Waals surface area contributed by atoms with E-state index in [1.807, 2.05) is 0 Å². The van der Waals surface area contributed by atoms with Crippen LogP contribution in [0, 0.1) is 6.92 Å². The van der Waals surface area contributed by atoms with Crippen LogP contribution in [-0.4, -0.2) is 19.6 Å². The molecule has 1 aromatic rings. The van der Waals surface area contributed by atoms with Crippen LogP contribution in [0.2, 0.25) is 0 Å². The average molecular weight is 227 g/mol. The number of thiophene rings is 1. The highest BCUT2D eigenvalue weighted by atomic mass is 32.1. The number of carbonyl (C=O) groups excluding carboxylic acids is 1. The van der Waals surface area contributed by atoms with E-state index in [0.717, 1.165) is 19.5 Å². The molecule has 4 heteroatoms. The minimum atomic E-state index is -0.135. The molecule has 0 radical (unpaired) electrons. The van der Waals surface area contributed by atoms with Crippen LogP contribution in [0.1, 0.15) is 22.6 Å². The van der Waals surface area contributed by atoms with Crippen molar-refractivity contribution in [3.05, 3.63) is 21.9 Å². The molecule has 1 N–H and O–H groups in total. The Morgan fingerprint density at radius 2 is 2.33 bits per heavy atom. The molecule has 84 valence electrons. The first kappa shape index (κ1) is 12.2. The highest BCUT2D eigenvalue weighted by Crippen LogP contribution is 2.14. The van der Waals surface area contributed by atoms with Crippen molar-refractivity contribution in [2.24, 2.45) is 0 Å². The molecule has 3 nitrogen and oxygen atoms in total. The van der Waals surface area contributed by atoms with Crippen molar-refractivity contribution < 1.29 is 9.53 Å². The normalized spacial score (nSPS) is 10.3. The summed E-state index contributed by atoms with van der Waals surface area (Å²) >= 11 is 1.80. The topological polar surface area (TPSA) is 38.3 Å². The highest BCUT2D eigenvalue weighted by Gasteiger charge is 1.99. The van der Waals surface area contributed by atoms with E-state index in [2.05, 4.69) is 29.1 Å². The van der Waals surface area contributed by atoms with Crippen LogP contribution in [0.3, 0.4) is 0 Å². The Balaban J connectivity index is 2.05. The van der Waals surface area contributed by atoms with Crippen LogP contribution in [0.15, 0.2) is 12.1 Å². The largest absolute Gasteiger partial charge is 0.469 e. The smallest absolute Gasteiger partial charge is 0.305 e. The van der Waals surface area contributed by atoms with E-state index in [0.29, 0.717) is 6.42 Å². The van der Waals surface area contributed by atoms with E-state index in [-0.39, 0.29) is 5.97 Å². The van der Waals surface area contributed by atoms with Crippen LogP contribution in [-0.2, 0) is 16.1 Å². The van der Waals surface area contributed by atoms with Gasteiger partial charge >= 0.3 is 5.97 Å². The van der Waals surface area contributed by atoms with Crippen molar-refractivity contribution >= 4 is 17.3 Å². The zero-order valence-electron chi connectivity index (χ0n) is 9.21. The number of carbonyl (C=O) groups is 1. The summed E-state index contributed by atoms with van der Waals surface area (Å²) in [6.45, 7) is 3.84. The molecular weight excluding hydrogens is 210 g/mol. The fraction of sp³-hybridized carbons (Fsp3) is 0.545. The first-order valence-corrected chi connectivity index (χ1v) is 5.87. The van der Waals surface area contributed by atoms with Gasteiger partial charge in [-0.05, 0) is 32.0 Å². The summed E-state index contributed by atoms with van der Waals surface area (Å²) in [7, 11) is 1.42. The van der Waals surface area contributed by atoms with Gasteiger partial charge in [0.2, 0.25) is 0 Å². The molecule has 0 bridgehead atoms. The van der Waals surface area contributed by atoms with Crippen molar-refractivity contribution in [1.29, 1.82) is 0 Å². The number of hydrogen-bond donors (Lipinski definition) is 1. The maximum Gasteiger partial charge on any atom is 0.305 e. The predicted molar refractivity (Wildman–Crippen MR) is 62.0 cm³/mol. The van der Waals surface area contributed by atoms with E-state index in [4.69, 9.17) is 0 Å². The lowest BCUT2D eigenvalue weighted by Crippen LogP contribution is -2.15. The van der Waals surface area contributed by atoms with E-state index in [1.165, 1.54) is 16.9 Å². The molecule has 0 aliphatic rings. The monoisotopic (exact) mass is 227 g/mol. The predicted octanol–water partition coefficient (Wildman–Crippen LogP) is 2.10. The van der Waals surface area contributed by atoms with Crippen LogP contribution in [0.25, 0.3) is 0 Å². The van der Waals surface area contributed by atoms with Crippen molar-refractivity contribution in [2.75, 3.05) is 13.7 Å². The molecule has 1 aromatic heterocycles. The quantitative estimate of drug-likeness (QED) is 0.597. The van der Waals surface area contributed by atoms with Gasteiger partial charge in [-0.25, -0.2) is 0 Å². The van der Waals surface area contributed by atoms with Gasteiger partial charge in [-0.3, -0.25) is 4.79 Å². The Morgan fingerprint density at radius 3 is 2.93 bits per heavy atom. The number of aryl methyl sites for hydroxylation is 1. The molecule has 0 fully saturated rings. The van der Waals surface area contributed by atoms with Gasteiger partial charge in [0, 0.05) is 22.7 Å². The highest BCUT2D eigenvalue weighted by molar-refractivity contribution is 7.11. The van der Waals surface area contributed by atoms with Gasteiger partial charge in [0.15, 0.2) is 0 Å². The van der Waals surface area contributed by atoms with Crippen molar-refractivity contribution in [2.45, 2.75) is 26.3 Å². The SMILES string of the molecule is COC(=O)CCCNCc1ccc(C)s1. The van der Waals surface area contributed by atoms with Crippen LogP contribution in [0.5, 0.6) is 0 Å². The van der Waals surface area contributed by atoms with E-state index >= 15 is 0 Å². The third kappa shape index (κ3) is 4.95. The summed E-state index contributed by atoms with van der Waals surface area (Å²) in [5.41, 5.74) is 0. The Bertz CT molecular complexity index is 309. The molecule has 0 aromatic carbocycles. The lowest BCUT2D eigenvalue weighted by Gasteiger charge is -2.02. The summed E-state index contributed by atoms with van der Waals surface area (Å²) in [5, 5.41) is 3.30. The fourth-order valence-electron chi connectivity index (χ4n) is 1.25. The van der Waals surface area contributed by atoms with E-state index in [9.17, 15) is 4.79 Å². The number of methoxy groups -OCH3 is 1. The second-order valence-electron chi connectivity index (χ2n) is 3.37. The molecule has 0 saturated heterocycles. The summed E-state index contributed by atoms with van der Waals surface area (Å²) in [6.07, 6.45) is 1.32. The van der Waals surface area contributed by atoms with Gasteiger partial charge in [-0.2, -0.15) is 0 Å². The van der Waals surface area contributed by atoms with Crippen molar-refractivity contribution in [3.63, 3.8) is 0 Å². The van der Waals surface area contributed by atoms with Crippen LogP contribution < -0.4 is 5.32 Å². The van der Waals surface area contributed by atoms with Gasteiger partial charge in [0.25, 0.3) is 0 Å². The Labute approximate surface area is 94.5 Å². The van der Waals surface area contributed by atoms with E-state index in [1.54, 1.807) is 11.3 Å². The molecule has 1 rings (SSSR count). The molecule has 0 saturated carbocycles. The zero-order valence-corrected chi connectivity index (χ0v) is 10.0. The number of nitrogens with one attached hydrogen (secondary N) is 1. The summed E-state index contributed by atoms with van der Waals surface area (Å²) < 4.78 is 4.55. The van der Waals surface area contributed by atoms with Gasteiger partial charge in [-0.15, -0.1) is 11.3 Å². The van der Waals surface area contributed by atoms with E-state index < -0.39 is 0 Å². The lowest BCUT2D eigenvalue weighted by molar-refractivity contribution is -0.140. The van der Waals surface area contributed by atoms with Gasteiger partial charge < -0.3 is 10.1 Å². The molecule has 0 unspecified atom stereocenters. The lowest BCUT2D eigenvalue weighted by atomic mass is 10.3. The van der Waals surface area contributed by atoms with Crippen LogP contribution >= 0.6 is 11.3 Å². The Morgan fingerprint density at radius 1 is 1.53 bits per heavy atom. The average Bonchev–Trinajstić information content (AvgIpc) is 2.63. The standard InChI is InChI=1S/C11H17NO2S/c1-9-5-6-10(15-9)8-12-7-3-4-11(13)14-2/h5-6,12H,3-4,7-8H2,1-2H3. The maximum absolute atomic E-state index is 10.8. The molecule has 0 spiro atoms. The minimum absolute atomic E-state index is 0.135. The Kier molecular flexibility index (Phi) is 5.36. The summed E-state index contributed by atoms with van der Waals surface area (Å²) in [4.78, 5) is 13.5. The van der Waals surface area contributed by atoms with Crippen LogP contribution in [0.4, 0.5) is 0 Å². The first-order chi connectivity index (χ1) is 7.22. The molecule has 15 heavy (non-hydrogen) atoms. The number of ether oxygens (including phenoxy) is 1.